The average Bonchev–Trinajstić information content (AvgIpc) is 2.70. The van der Waals surface area contributed by atoms with Crippen LogP contribution in [0.1, 0.15) is 77.0 Å². The highest BCUT2D eigenvalue weighted by molar-refractivity contribution is 5.81. The molecule has 0 spiro atoms. The summed E-state index contributed by atoms with van der Waals surface area (Å²) in [5, 5.41) is 6.01. The van der Waals surface area contributed by atoms with Crippen molar-refractivity contribution in [2.24, 2.45) is 0 Å². The summed E-state index contributed by atoms with van der Waals surface area (Å²) in [6.07, 6.45) is 8.39. The number of nitrogens with zero attached hydrogens (tertiary/aromatic N) is 1. The van der Waals surface area contributed by atoms with Crippen LogP contribution in [0.15, 0.2) is 12.1 Å². The van der Waals surface area contributed by atoms with E-state index in [0.717, 1.165) is 63.0 Å². The maximum absolute atomic E-state index is 11.9. The van der Waals surface area contributed by atoms with Crippen molar-refractivity contribution in [3.8, 4) is 0 Å². The summed E-state index contributed by atoms with van der Waals surface area (Å²) in [6, 6.07) is 3.68. The van der Waals surface area contributed by atoms with E-state index in [1.54, 1.807) is 20.8 Å². The van der Waals surface area contributed by atoms with Gasteiger partial charge in [0.15, 0.2) is 0 Å². The molecule has 168 valence electrons. The Kier molecular flexibility index (Phi) is 9.40. The fourth-order valence-electron chi connectivity index (χ4n) is 3.53. The molecule has 2 heterocycles. The molecule has 30 heavy (non-hydrogen) atoms. The van der Waals surface area contributed by atoms with Crippen LogP contribution < -0.4 is 10.6 Å². The van der Waals surface area contributed by atoms with E-state index in [9.17, 15) is 9.59 Å². The number of methoxy groups -OCH3 is 1. The lowest BCUT2D eigenvalue weighted by atomic mass is 10.0. The number of nitrogens with one attached hydrogen (secondary N) is 2. The largest absolute Gasteiger partial charge is 0.467 e. The highest BCUT2D eigenvalue weighted by atomic mass is 16.6. The summed E-state index contributed by atoms with van der Waals surface area (Å²) in [5.74, 6) is 0.623. The molecule has 7 nitrogen and oxygen atoms in total. The normalized spacial score (nSPS) is 14.3. The topological polar surface area (TPSA) is 89.5 Å². The van der Waals surface area contributed by atoms with Gasteiger partial charge in [-0.25, -0.2) is 14.6 Å². The Balaban J connectivity index is 1.63. The van der Waals surface area contributed by atoms with Gasteiger partial charge in [-0.1, -0.05) is 31.7 Å². The molecule has 1 aliphatic rings. The Labute approximate surface area is 180 Å². The van der Waals surface area contributed by atoms with Gasteiger partial charge < -0.3 is 20.1 Å². The van der Waals surface area contributed by atoms with E-state index in [1.165, 1.54) is 19.1 Å². The van der Waals surface area contributed by atoms with Gasteiger partial charge in [-0.2, -0.15) is 0 Å². The SMILES string of the molecule is COC(=O)[C@H](CCCCCCCc1ccc2c(n1)NCCC2)NC(=O)OC(C)(C)C. The van der Waals surface area contributed by atoms with Gasteiger partial charge in [0.1, 0.15) is 17.5 Å². The molecule has 1 aliphatic heterocycles. The number of esters is 1. The number of hydrogen-bond acceptors (Lipinski definition) is 6. The third kappa shape index (κ3) is 8.59. The molecule has 0 radical (unpaired) electrons. The zero-order chi connectivity index (χ0) is 22.0. The molecule has 0 saturated heterocycles. The average molecular weight is 420 g/mol. The van der Waals surface area contributed by atoms with Crippen LogP contribution in [0.2, 0.25) is 0 Å². The molecule has 0 saturated carbocycles. The number of alkyl carbamates (subject to hydrolysis) is 1. The lowest BCUT2D eigenvalue weighted by Gasteiger charge is -2.22. The van der Waals surface area contributed by atoms with Gasteiger partial charge in [-0.15, -0.1) is 0 Å². The van der Waals surface area contributed by atoms with Crippen molar-refractivity contribution in [2.75, 3.05) is 19.0 Å². The molecule has 1 aromatic heterocycles. The zero-order valence-corrected chi connectivity index (χ0v) is 18.9. The minimum atomic E-state index is -0.669. The lowest BCUT2D eigenvalue weighted by molar-refractivity contribution is -0.143. The van der Waals surface area contributed by atoms with Gasteiger partial charge in [0.05, 0.1) is 7.11 Å². The second-order valence-corrected chi connectivity index (χ2v) is 8.87. The van der Waals surface area contributed by atoms with Gasteiger partial charge in [0.2, 0.25) is 0 Å². The molecule has 0 unspecified atom stereocenters. The maximum Gasteiger partial charge on any atom is 0.408 e. The second kappa shape index (κ2) is 11.8. The third-order valence-corrected chi connectivity index (χ3v) is 5.05. The van der Waals surface area contributed by atoms with Crippen molar-refractivity contribution in [2.45, 2.75) is 90.2 Å². The molecule has 0 bridgehead atoms. The molecule has 0 fully saturated rings. The monoisotopic (exact) mass is 419 g/mol. The first kappa shape index (κ1) is 24.0. The molecule has 2 rings (SSSR count). The Morgan fingerprint density at radius 3 is 2.63 bits per heavy atom. The van der Waals surface area contributed by atoms with Crippen LogP contribution >= 0.6 is 0 Å². The van der Waals surface area contributed by atoms with Crippen molar-refractivity contribution in [1.29, 1.82) is 0 Å². The van der Waals surface area contributed by atoms with E-state index in [0.29, 0.717) is 6.42 Å². The van der Waals surface area contributed by atoms with Crippen LogP contribution in [0.5, 0.6) is 0 Å². The number of unbranched alkanes of at least 4 members (excludes halogenated alkanes) is 4. The van der Waals surface area contributed by atoms with Crippen LogP contribution in [-0.2, 0) is 27.1 Å². The van der Waals surface area contributed by atoms with E-state index in [2.05, 4.69) is 22.8 Å². The molecule has 2 N–H and O–H groups in total. The van der Waals surface area contributed by atoms with Crippen LogP contribution in [0.25, 0.3) is 0 Å². The number of anilines is 1. The van der Waals surface area contributed by atoms with Gasteiger partial charge >= 0.3 is 12.1 Å². The van der Waals surface area contributed by atoms with E-state index < -0.39 is 23.7 Å². The minimum absolute atomic E-state index is 0.437. The Morgan fingerprint density at radius 1 is 1.17 bits per heavy atom. The van der Waals surface area contributed by atoms with Crippen molar-refractivity contribution in [3.63, 3.8) is 0 Å². The standard InChI is InChI=1S/C23H37N3O4/c1-23(2,3)30-22(28)26-19(21(27)29-4)13-9-7-5-6-8-12-18-15-14-17-11-10-16-24-20(17)25-18/h14-15,19H,5-13,16H2,1-4H3,(H,24,25)(H,26,28)/t19-/m0/s1. The van der Waals surface area contributed by atoms with Crippen LogP contribution in [0.3, 0.4) is 0 Å². The van der Waals surface area contributed by atoms with Crippen molar-refractivity contribution in [3.05, 3.63) is 23.4 Å². The number of carbonyl (C=O) groups excluding carboxylic acids is 2. The molecule has 0 aromatic carbocycles. The number of amides is 1. The van der Waals surface area contributed by atoms with Crippen LogP contribution in [-0.4, -0.2) is 42.3 Å². The summed E-state index contributed by atoms with van der Waals surface area (Å²) in [5.41, 5.74) is 1.87. The summed E-state index contributed by atoms with van der Waals surface area (Å²) in [6.45, 7) is 6.38. The number of rotatable bonds is 10. The fourth-order valence-corrected chi connectivity index (χ4v) is 3.53. The number of carbonyl (C=O) groups is 2. The summed E-state index contributed by atoms with van der Waals surface area (Å²) < 4.78 is 10.0. The molecule has 1 aromatic rings. The number of ether oxygens (including phenoxy) is 2. The Bertz CT molecular complexity index is 700. The molecule has 0 aliphatic carbocycles. The smallest absolute Gasteiger partial charge is 0.408 e. The van der Waals surface area contributed by atoms with Gasteiger partial charge in [-0.3, -0.25) is 0 Å². The first-order valence-corrected chi connectivity index (χ1v) is 11.1. The summed E-state index contributed by atoms with van der Waals surface area (Å²) >= 11 is 0. The predicted molar refractivity (Wildman–Crippen MR) is 118 cm³/mol. The highest BCUT2D eigenvalue weighted by Crippen LogP contribution is 2.20. The quantitative estimate of drug-likeness (QED) is 0.432. The summed E-state index contributed by atoms with van der Waals surface area (Å²) in [4.78, 5) is 28.6. The Hall–Kier alpha value is -2.31. The second-order valence-electron chi connectivity index (χ2n) is 8.87. The third-order valence-electron chi connectivity index (χ3n) is 5.05. The van der Waals surface area contributed by atoms with E-state index >= 15 is 0 Å². The van der Waals surface area contributed by atoms with Gasteiger partial charge in [0, 0.05) is 12.2 Å². The first-order valence-electron chi connectivity index (χ1n) is 11.1. The van der Waals surface area contributed by atoms with E-state index in [1.807, 2.05) is 0 Å². The van der Waals surface area contributed by atoms with E-state index in [4.69, 9.17) is 14.5 Å². The van der Waals surface area contributed by atoms with Crippen molar-refractivity contribution < 1.29 is 19.1 Å². The number of aromatic nitrogens is 1. The highest BCUT2D eigenvalue weighted by Gasteiger charge is 2.24. The lowest BCUT2D eigenvalue weighted by Crippen LogP contribution is -2.44. The molecule has 7 heteroatoms. The molecule has 1 atom stereocenters. The van der Waals surface area contributed by atoms with E-state index in [-0.39, 0.29) is 0 Å². The predicted octanol–water partition coefficient (Wildman–Crippen LogP) is 4.39. The number of aryl methyl sites for hydroxylation is 2. The van der Waals surface area contributed by atoms with Crippen molar-refractivity contribution >= 4 is 17.9 Å². The zero-order valence-electron chi connectivity index (χ0n) is 18.9. The summed E-state index contributed by atoms with van der Waals surface area (Å²) in [7, 11) is 1.33. The Morgan fingerprint density at radius 2 is 1.90 bits per heavy atom. The molecular weight excluding hydrogens is 382 g/mol. The first-order chi connectivity index (χ1) is 14.3. The minimum Gasteiger partial charge on any atom is -0.467 e. The number of fused-ring (bicyclic) bond motifs is 1. The van der Waals surface area contributed by atoms with Crippen LogP contribution in [0, 0.1) is 0 Å². The van der Waals surface area contributed by atoms with Gasteiger partial charge in [0.25, 0.3) is 0 Å². The van der Waals surface area contributed by atoms with Crippen LogP contribution in [0.4, 0.5) is 10.6 Å². The number of hydrogen-bond donors (Lipinski definition) is 2. The van der Waals surface area contributed by atoms with Crippen molar-refractivity contribution in [1.82, 2.24) is 10.3 Å². The fraction of sp³-hybridized carbons (Fsp3) is 0.696. The van der Waals surface area contributed by atoms with Gasteiger partial charge in [-0.05, 0) is 64.5 Å². The molecule has 1 amide bonds. The molecular formula is C23H37N3O4. The number of pyridine rings is 1. The maximum atomic E-state index is 11.9.